The first-order chi connectivity index (χ1) is 11.9. The maximum absolute atomic E-state index is 2.37. The van der Waals surface area contributed by atoms with Crippen molar-refractivity contribution in [2.24, 2.45) is 0 Å². The van der Waals surface area contributed by atoms with Crippen LogP contribution in [0, 0.1) is 0 Å². The van der Waals surface area contributed by atoms with Gasteiger partial charge in [0.05, 0.1) is 0 Å². The summed E-state index contributed by atoms with van der Waals surface area (Å²) in [7, 11) is 0. The molecule has 2 aromatic carbocycles. The van der Waals surface area contributed by atoms with E-state index in [-0.39, 0.29) is 0 Å². The van der Waals surface area contributed by atoms with Crippen LogP contribution in [0.2, 0.25) is 0 Å². The number of fused-ring (bicyclic) bond motifs is 4. The third-order valence-electron chi connectivity index (χ3n) is 4.05. The van der Waals surface area contributed by atoms with Crippen molar-refractivity contribution in [3.63, 3.8) is 0 Å². The van der Waals surface area contributed by atoms with E-state index in [1.165, 1.54) is 21.5 Å². The van der Waals surface area contributed by atoms with E-state index < -0.39 is 0 Å². The van der Waals surface area contributed by atoms with Crippen LogP contribution in [0.15, 0.2) is 68.3 Å². The van der Waals surface area contributed by atoms with Crippen molar-refractivity contribution < 1.29 is 0 Å². The molecular formula is C20H12Se4. The van der Waals surface area contributed by atoms with Crippen LogP contribution in [0.3, 0.4) is 0 Å². The summed E-state index contributed by atoms with van der Waals surface area (Å²) < 4.78 is 6.24. The molecule has 0 amide bonds. The molecule has 0 saturated carbocycles. The van der Waals surface area contributed by atoms with Gasteiger partial charge in [-0.2, -0.15) is 0 Å². The molecular weight excluding hydrogens is 556 g/mol. The predicted molar refractivity (Wildman–Crippen MR) is 111 cm³/mol. The average molecular weight is 568 g/mol. The van der Waals surface area contributed by atoms with E-state index >= 15 is 0 Å². The molecule has 116 valence electrons. The van der Waals surface area contributed by atoms with Gasteiger partial charge in [-0.3, -0.25) is 0 Å². The molecule has 0 unspecified atom stereocenters. The fourth-order valence-corrected chi connectivity index (χ4v) is 9.71. The second-order valence-corrected chi connectivity index (χ2v) is 13.5. The number of benzene rings is 2. The number of hydrogen-bond acceptors (Lipinski definition) is 0. The fraction of sp³-hybridized carbons (Fsp3) is 0. The first-order valence-corrected chi connectivity index (χ1v) is 14.9. The molecule has 0 aliphatic heterocycles. The van der Waals surface area contributed by atoms with Gasteiger partial charge < -0.3 is 0 Å². The fourth-order valence-electron chi connectivity index (χ4n) is 2.83. The molecule has 4 heteroatoms. The zero-order chi connectivity index (χ0) is 15.9. The Labute approximate surface area is 163 Å². The quantitative estimate of drug-likeness (QED) is 0.241. The van der Waals surface area contributed by atoms with Gasteiger partial charge in [0.25, 0.3) is 0 Å². The summed E-state index contributed by atoms with van der Waals surface area (Å²) in [5.74, 6) is 0. The standard InChI is InChI=1S/2C10H6Se2/c2*1-3-11-9-6-8-2-4-12-10(8)5-7(1)9/h2*1-6H. The summed E-state index contributed by atoms with van der Waals surface area (Å²) in [4.78, 5) is 9.24. The summed E-state index contributed by atoms with van der Waals surface area (Å²) in [6, 6.07) is 18.6. The summed E-state index contributed by atoms with van der Waals surface area (Å²) in [5, 5.41) is 5.89. The van der Waals surface area contributed by atoms with Crippen molar-refractivity contribution in [3.8, 4) is 0 Å². The molecule has 0 bridgehead atoms. The van der Waals surface area contributed by atoms with Gasteiger partial charge in [-0.1, -0.05) is 0 Å². The molecule has 0 aliphatic carbocycles. The van der Waals surface area contributed by atoms with E-state index in [0.717, 1.165) is 0 Å². The Kier molecular flexibility index (Phi) is 4.36. The molecule has 0 aliphatic rings. The van der Waals surface area contributed by atoms with Crippen molar-refractivity contribution in [2.45, 2.75) is 0 Å². The SMILES string of the molecule is c1cc2cc3[se]ccc3cc2[se]1.c1cc2cc3[se]ccc3cc2[se]1. The summed E-state index contributed by atoms with van der Waals surface area (Å²) in [6.45, 7) is 0. The van der Waals surface area contributed by atoms with E-state index in [9.17, 15) is 0 Å². The summed E-state index contributed by atoms with van der Waals surface area (Å²) in [6.07, 6.45) is 0. The number of hydrogen-bond donors (Lipinski definition) is 0. The molecule has 4 heterocycles. The molecule has 0 atom stereocenters. The van der Waals surface area contributed by atoms with Gasteiger partial charge >= 0.3 is 165 Å². The van der Waals surface area contributed by atoms with Crippen LogP contribution in [0.4, 0.5) is 0 Å². The Bertz CT molecular complexity index is 980. The van der Waals surface area contributed by atoms with Gasteiger partial charge in [0, 0.05) is 0 Å². The van der Waals surface area contributed by atoms with E-state index in [0.29, 0.717) is 58.0 Å². The first kappa shape index (κ1) is 15.7. The Balaban J connectivity index is 0.000000109. The van der Waals surface area contributed by atoms with E-state index in [1.54, 1.807) is 17.0 Å². The monoisotopic (exact) mass is 572 g/mol. The molecule has 24 heavy (non-hydrogen) atoms. The Morgan fingerprint density at radius 2 is 0.625 bits per heavy atom. The van der Waals surface area contributed by atoms with Crippen molar-refractivity contribution in [1.29, 1.82) is 0 Å². The first-order valence-electron chi connectivity index (χ1n) is 7.56. The zero-order valence-electron chi connectivity index (χ0n) is 12.6. The second kappa shape index (κ2) is 6.65. The topological polar surface area (TPSA) is 0 Å². The average Bonchev–Trinajstić information content (AvgIpc) is 3.35. The molecule has 0 saturated heterocycles. The van der Waals surface area contributed by atoms with Crippen LogP contribution in [0.25, 0.3) is 38.6 Å². The van der Waals surface area contributed by atoms with Crippen LogP contribution >= 0.6 is 0 Å². The minimum atomic E-state index is 0.605. The normalized spacial score (nSPS) is 11.3. The van der Waals surface area contributed by atoms with E-state index in [1.807, 2.05) is 0 Å². The molecule has 0 radical (unpaired) electrons. The van der Waals surface area contributed by atoms with Crippen molar-refractivity contribution in [2.75, 3.05) is 0 Å². The predicted octanol–water partition coefficient (Wildman–Crippen LogP) is 4.21. The van der Waals surface area contributed by atoms with Gasteiger partial charge in [-0.05, 0) is 0 Å². The Morgan fingerprint density at radius 1 is 0.375 bits per heavy atom. The molecule has 0 fully saturated rings. The van der Waals surface area contributed by atoms with Gasteiger partial charge in [-0.25, -0.2) is 0 Å². The third kappa shape index (κ3) is 2.93. The Hall–Kier alpha value is -0.522. The zero-order valence-corrected chi connectivity index (χ0v) is 19.4. The molecule has 0 N–H and O–H groups in total. The van der Waals surface area contributed by atoms with Gasteiger partial charge in [0.15, 0.2) is 0 Å². The van der Waals surface area contributed by atoms with E-state index in [4.69, 9.17) is 0 Å². The maximum atomic E-state index is 2.37. The van der Waals surface area contributed by atoms with Crippen LogP contribution in [0.1, 0.15) is 0 Å². The molecule has 6 rings (SSSR count). The van der Waals surface area contributed by atoms with Crippen molar-refractivity contribution >= 4 is 96.6 Å². The van der Waals surface area contributed by atoms with Crippen molar-refractivity contribution in [1.82, 2.24) is 0 Å². The second-order valence-electron chi connectivity index (χ2n) is 5.54. The van der Waals surface area contributed by atoms with Crippen LogP contribution in [-0.2, 0) is 0 Å². The van der Waals surface area contributed by atoms with E-state index in [2.05, 4.69) is 68.3 Å². The molecule has 4 aromatic heterocycles. The number of rotatable bonds is 0. The Morgan fingerprint density at radius 3 is 0.875 bits per heavy atom. The minimum absolute atomic E-state index is 0.605. The third-order valence-corrected chi connectivity index (χ3v) is 11.4. The molecule has 0 nitrogen and oxygen atoms in total. The summed E-state index contributed by atoms with van der Waals surface area (Å²) in [5.41, 5.74) is 0. The van der Waals surface area contributed by atoms with Gasteiger partial charge in [0.2, 0.25) is 0 Å². The van der Waals surface area contributed by atoms with Gasteiger partial charge in [0.1, 0.15) is 0 Å². The van der Waals surface area contributed by atoms with Gasteiger partial charge in [-0.15, -0.1) is 0 Å². The van der Waals surface area contributed by atoms with Crippen LogP contribution < -0.4 is 0 Å². The van der Waals surface area contributed by atoms with Crippen LogP contribution in [-0.4, -0.2) is 58.0 Å². The van der Waals surface area contributed by atoms with Crippen molar-refractivity contribution in [3.05, 3.63) is 68.3 Å². The molecule has 0 spiro atoms. The summed E-state index contributed by atoms with van der Waals surface area (Å²) >= 11 is 2.42. The van der Waals surface area contributed by atoms with Crippen LogP contribution in [0.5, 0.6) is 0 Å². The molecule has 6 aromatic rings.